The molecule has 1 unspecified atom stereocenters. The number of hydrogen-bond donors (Lipinski definition) is 1. The Balaban J connectivity index is 1.95. The summed E-state index contributed by atoms with van der Waals surface area (Å²) in [6, 6.07) is 0. The van der Waals surface area contributed by atoms with Crippen molar-refractivity contribution in [3.8, 4) is 0 Å². The van der Waals surface area contributed by atoms with Crippen molar-refractivity contribution < 1.29 is 9.90 Å². The summed E-state index contributed by atoms with van der Waals surface area (Å²) in [5, 5.41) is 9.74. The summed E-state index contributed by atoms with van der Waals surface area (Å²) >= 11 is 0. The lowest BCUT2D eigenvalue weighted by Gasteiger charge is -2.03. The number of rotatable bonds is 14. The van der Waals surface area contributed by atoms with Crippen LogP contribution >= 0.6 is 0 Å². The van der Waals surface area contributed by atoms with Gasteiger partial charge in [0, 0.05) is 6.42 Å². The Morgan fingerprint density at radius 3 is 2.64 bits per heavy atom. The van der Waals surface area contributed by atoms with Gasteiger partial charge in [0.25, 0.3) is 0 Å². The molecule has 0 aromatic rings. The maximum Gasteiger partial charge on any atom is 0.119 e. The monoisotopic (exact) mass is 306 g/mol. The van der Waals surface area contributed by atoms with Gasteiger partial charge in [-0.15, -0.1) is 0 Å². The van der Waals surface area contributed by atoms with Crippen LogP contribution in [0.4, 0.5) is 0 Å². The van der Waals surface area contributed by atoms with Gasteiger partial charge in [-0.05, 0) is 43.9 Å². The molecule has 1 aliphatic carbocycles. The predicted octanol–water partition coefficient (Wildman–Crippen LogP) is 5.22. The second kappa shape index (κ2) is 12.6. The van der Waals surface area contributed by atoms with E-state index in [2.05, 4.69) is 19.1 Å². The van der Waals surface area contributed by atoms with E-state index in [0.717, 1.165) is 50.2 Å². The standard InChI is InChI=1S/C20H34O2/c1-2-3-7-14-20(22)15-10-5-4-8-12-18-17-19(18)13-9-6-11-16-21/h4-5,10,15-16,18-20,22H,2-3,6-9,11-14,17H2,1H3/t18-,19+,20?/m0/s1. The number of hydrogen-bond acceptors (Lipinski definition) is 2. The maximum absolute atomic E-state index is 10.2. The minimum atomic E-state index is -0.282. The molecule has 22 heavy (non-hydrogen) atoms. The molecule has 0 aromatic heterocycles. The summed E-state index contributed by atoms with van der Waals surface area (Å²) < 4.78 is 0. The van der Waals surface area contributed by atoms with Gasteiger partial charge in [-0.3, -0.25) is 0 Å². The Morgan fingerprint density at radius 2 is 1.86 bits per heavy atom. The summed E-state index contributed by atoms with van der Waals surface area (Å²) in [6.45, 7) is 2.18. The smallest absolute Gasteiger partial charge is 0.119 e. The lowest BCUT2D eigenvalue weighted by molar-refractivity contribution is -0.107. The van der Waals surface area contributed by atoms with Crippen molar-refractivity contribution in [2.75, 3.05) is 0 Å². The highest BCUT2D eigenvalue weighted by molar-refractivity contribution is 5.48. The Labute approximate surface area is 136 Å². The molecule has 1 saturated carbocycles. The van der Waals surface area contributed by atoms with Crippen LogP contribution in [0.3, 0.4) is 0 Å². The Bertz CT molecular complexity index is 333. The number of unbranched alkanes of at least 4 members (excludes halogenated alkanes) is 4. The maximum atomic E-state index is 10.2. The van der Waals surface area contributed by atoms with Crippen LogP contribution in [0.25, 0.3) is 0 Å². The van der Waals surface area contributed by atoms with Crippen LogP contribution in [0.2, 0.25) is 0 Å². The molecule has 0 aromatic carbocycles. The molecule has 0 saturated heterocycles. The molecule has 126 valence electrons. The van der Waals surface area contributed by atoms with E-state index in [0.29, 0.717) is 0 Å². The summed E-state index contributed by atoms with van der Waals surface area (Å²) in [4.78, 5) is 10.2. The van der Waals surface area contributed by atoms with Crippen molar-refractivity contribution in [1.29, 1.82) is 0 Å². The molecule has 0 bridgehead atoms. The molecule has 2 heteroatoms. The van der Waals surface area contributed by atoms with E-state index in [1.807, 2.05) is 12.2 Å². The van der Waals surface area contributed by atoms with Gasteiger partial charge in [-0.2, -0.15) is 0 Å². The average molecular weight is 306 g/mol. The molecule has 2 nitrogen and oxygen atoms in total. The number of allylic oxidation sites excluding steroid dienone is 3. The van der Waals surface area contributed by atoms with Crippen molar-refractivity contribution in [3.05, 3.63) is 24.3 Å². The van der Waals surface area contributed by atoms with Gasteiger partial charge in [0.2, 0.25) is 0 Å². The summed E-state index contributed by atoms with van der Waals surface area (Å²) in [7, 11) is 0. The normalized spacial score (nSPS) is 22.5. The van der Waals surface area contributed by atoms with Crippen LogP contribution < -0.4 is 0 Å². The lowest BCUT2D eigenvalue weighted by atomic mass is 10.1. The summed E-state index contributed by atoms with van der Waals surface area (Å²) in [6.07, 6.45) is 21.5. The first-order chi connectivity index (χ1) is 10.8. The van der Waals surface area contributed by atoms with E-state index in [-0.39, 0.29) is 6.10 Å². The molecule has 3 atom stereocenters. The van der Waals surface area contributed by atoms with Gasteiger partial charge in [0.05, 0.1) is 6.10 Å². The molecule has 0 amide bonds. The molecule has 0 heterocycles. The second-order valence-electron chi connectivity index (χ2n) is 6.66. The Kier molecular flexibility index (Phi) is 11.0. The van der Waals surface area contributed by atoms with Crippen LogP contribution in [-0.4, -0.2) is 17.5 Å². The third-order valence-electron chi connectivity index (χ3n) is 4.60. The fourth-order valence-corrected chi connectivity index (χ4v) is 3.03. The number of aliphatic hydroxyl groups excluding tert-OH is 1. The zero-order valence-corrected chi connectivity index (χ0v) is 14.3. The highest BCUT2D eigenvalue weighted by Crippen LogP contribution is 2.45. The second-order valence-corrected chi connectivity index (χ2v) is 6.66. The Hall–Kier alpha value is -0.890. The van der Waals surface area contributed by atoms with Crippen LogP contribution in [-0.2, 0) is 4.79 Å². The van der Waals surface area contributed by atoms with Crippen LogP contribution in [0.1, 0.15) is 77.6 Å². The fourth-order valence-electron chi connectivity index (χ4n) is 3.03. The highest BCUT2D eigenvalue weighted by Gasteiger charge is 2.34. The number of carbonyl (C=O) groups is 1. The molecule has 1 fully saturated rings. The predicted molar refractivity (Wildman–Crippen MR) is 93.8 cm³/mol. The molecular formula is C20H34O2. The third-order valence-corrected chi connectivity index (χ3v) is 4.60. The highest BCUT2D eigenvalue weighted by atomic mass is 16.3. The minimum Gasteiger partial charge on any atom is -0.389 e. The largest absolute Gasteiger partial charge is 0.389 e. The first-order valence-electron chi connectivity index (χ1n) is 9.23. The van der Waals surface area contributed by atoms with Crippen LogP contribution in [0.15, 0.2) is 24.3 Å². The van der Waals surface area contributed by atoms with E-state index in [4.69, 9.17) is 0 Å². The van der Waals surface area contributed by atoms with E-state index in [9.17, 15) is 9.90 Å². The quantitative estimate of drug-likeness (QED) is 0.271. The van der Waals surface area contributed by atoms with Gasteiger partial charge >= 0.3 is 0 Å². The molecule has 0 aliphatic heterocycles. The zero-order valence-electron chi connectivity index (χ0n) is 14.3. The lowest BCUT2D eigenvalue weighted by Crippen LogP contribution is -2.00. The fraction of sp³-hybridized carbons (Fsp3) is 0.750. The van der Waals surface area contributed by atoms with Crippen molar-refractivity contribution in [2.24, 2.45) is 11.8 Å². The van der Waals surface area contributed by atoms with Crippen molar-refractivity contribution in [3.63, 3.8) is 0 Å². The first kappa shape index (κ1) is 19.2. The zero-order chi connectivity index (χ0) is 16.0. The number of carbonyl (C=O) groups excluding carboxylic acids is 1. The van der Waals surface area contributed by atoms with Gasteiger partial charge < -0.3 is 9.90 Å². The van der Waals surface area contributed by atoms with Gasteiger partial charge in [0.1, 0.15) is 6.29 Å². The molecule has 0 radical (unpaired) electrons. The van der Waals surface area contributed by atoms with E-state index >= 15 is 0 Å². The number of aliphatic hydroxyl groups is 1. The molecule has 1 rings (SSSR count). The van der Waals surface area contributed by atoms with Crippen molar-refractivity contribution >= 4 is 6.29 Å². The SMILES string of the molecule is CCCCCC(O)C=CC=CCC[C@H]1C[C@H]1CCCCC=O. The van der Waals surface area contributed by atoms with Gasteiger partial charge in [-0.1, -0.05) is 63.3 Å². The molecular weight excluding hydrogens is 272 g/mol. The van der Waals surface area contributed by atoms with Gasteiger partial charge in [0.15, 0.2) is 0 Å². The van der Waals surface area contributed by atoms with Gasteiger partial charge in [-0.25, -0.2) is 0 Å². The third kappa shape index (κ3) is 9.94. The Morgan fingerprint density at radius 1 is 1.05 bits per heavy atom. The summed E-state index contributed by atoms with van der Waals surface area (Å²) in [5.41, 5.74) is 0. The topological polar surface area (TPSA) is 37.3 Å². The first-order valence-corrected chi connectivity index (χ1v) is 9.23. The van der Waals surface area contributed by atoms with Crippen LogP contribution in [0.5, 0.6) is 0 Å². The van der Waals surface area contributed by atoms with E-state index in [1.165, 1.54) is 38.5 Å². The minimum absolute atomic E-state index is 0.282. The van der Waals surface area contributed by atoms with Crippen molar-refractivity contribution in [1.82, 2.24) is 0 Å². The molecule has 1 aliphatic rings. The van der Waals surface area contributed by atoms with E-state index < -0.39 is 0 Å². The molecule has 0 spiro atoms. The number of aldehydes is 1. The van der Waals surface area contributed by atoms with Crippen LogP contribution in [0, 0.1) is 11.8 Å². The van der Waals surface area contributed by atoms with Crippen molar-refractivity contribution in [2.45, 2.75) is 83.7 Å². The van der Waals surface area contributed by atoms with E-state index in [1.54, 1.807) is 0 Å². The summed E-state index contributed by atoms with van der Waals surface area (Å²) in [5.74, 6) is 1.85. The average Bonchev–Trinajstić information content (AvgIpc) is 3.26. The molecule has 1 N–H and O–H groups in total.